The number of anilines is 2. The molecule has 0 atom stereocenters. The van der Waals surface area contributed by atoms with Crippen LogP contribution >= 0.6 is 0 Å². The van der Waals surface area contributed by atoms with Crippen LogP contribution in [0.5, 0.6) is 11.5 Å². The molecule has 0 amide bonds. The molecule has 2 aromatic heterocycles. The van der Waals surface area contributed by atoms with Crippen LogP contribution in [0.2, 0.25) is 0 Å². The van der Waals surface area contributed by atoms with E-state index < -0.39 is 0 Å². The second kappa shape index (κ2) is 8.05. The van der Waals surface area contributed by atoms with Crippen molar-refractivity contribution in [2.45, 2.75) is 6.54 Å². The normalized spacial score (nSPS) is 15.3. The predicted molar refractivity (Wildman–Crippen MR) is 121 cm³/mol. The van der Waals surface area contributed by atoms with Gasteiger partial charge in [0.25, 0.3) is 0 Å². The zero-order valence-corrected chi connectivity index (χ0v) is 17.5. The van der Waals surface area contributed by atoms with E-state index in [1.54, 1.807) is 0 Å². The van der Waals surface area contributed by atoms with Crippen molar-refractivity contribution in [2.24, 2.45) is 0 Å². The van der Waals surface area contributed by atoms with Crippen LogP contribution in [-0.4, -0.2) is 47.7 Å². The van der Waals surface area contributed by atoms with Crippen LogP contribution in [0, 0.1) is 0 Å². The van der Waals surface area contributed by atoms with Crippen LogP contribution in [0.4, 0.5) is 11.5 Å². The van der Waals surface area contributed by atoms with E-state index in [-0.39, 0.29) is 6.79 Å². The van der Waals surface area contributed by atoms with Gasteiger partial charge in [-0.1, -0.05) is 18.2 Å². The molecule has 0 aliphatic carbocycles. The highest BCUT2D eigenvalue weighted by Gasteiger charge is 2.14. The van der Waals surface area contributed by atoms with Crippen LogP contribution in [0.15, 0.2) is 60.8 Å². The molecule has 1 fully saturated rings. The summed E-state index contributed by atoms with van der Waals surface area (Å²) < 4.78 is 18.2. The summed E-state index contributed by atoms with van der Waals surface area (Å²) in [4.78, 5) is 6.87. The maximum Gasteiger partial charge on any atom is 0.231 e. The lowest BCUT2D eigenvalue weighted by Gasteiger charge is -2.28. The van der Waals surface area contributed by atoms with E-state index in [0.29, 0.717) is 6.54 Å². The number of fused-ring (bicyclic) bond motifs is 2. The minimum Gasteiger partial charge on any atom is -0.454 e. The lowest BCUT2D eigenvalue weighted by molar-refractivity contribution is 0.122. The van der Waals surface area contributed by atoms with Crippen molar-refractivity contribution in [3.63, 3.8) is 0 Å². The van der Waals surface area contributed by atoms with Crippen LogP contribution < -0.4 is 19.7 Å². The first kappa shape index (κ1) is 18.9. The molecule has 6 rings (SSSR count). The van der Waals surface area contributed by atoms with Gasteiger partial charge in [-0.2, -0.15) is 0 Å². The Balaban J connectivity index is 1.22. The molecule has 0 radical (unpaired) electrons. The number of ether oxygens (including phenoxy) is 3. The lowest BCUT2D eigenvalue weighted by atomic mass is 10.1. The largest absolute Gasteiger partial charge is 0.454 e. The third kappa shape index (κ3) is 3.58. The lowest BCUT2D eigenvalue weighted by Crippen LogP contribution is -2.36. The van der Waals surface area contributed by atoms with Gasteiger partial charge in [0, 0.05) is 30.9 Å². The van der Waals surface area contributed by atoms with Crippen molar-refractivity contribution >= 4 is 17.2 Å². The molecule has 4 aromatic rings. The van der Waals surface area contributed by atoms with Crippen LogP contribution in [-0.2, 0) is 11.3 Å². The predicted octanol–water partition coefficient (Wildman–Crippen LogP) is 3.57. The number of nitrogens with one attached hydrogen (secondary N) is 1. The highest BCUT2D eigenvalue weighted by Crippen LogP contribution is 2.32. The van der Waals surface area contributed by atoms with Crippen LogP contribution in [0.3, 0.4) is 0 Å². The maximum absolute atomic E-state index is 5.46. The summed E-state index contributed by atoms with van der Waals surface area (Å²) in [5.74, 6) is 2.35. The number of morpholine rings is 1. The number of nitrogens with zero attached hydrogens (tertiary/aromatic N) is 4. The van der Waals surface area contributed by atoms with Crippen molar-refractivity contribution in [1.29, 1.82) is 0 Å². The monoisotopic (exact) mass is 429 g/mol. The fourth-order valence-electron chi connectivity index (χ4n) is 4.07. The topological polar surface area (TPSA) is 73.2 Å². The van der Waals surface area contributed by atoms with Gasteiger partial charge in [-0.05, 0) is 42.0 Å². The standard InChI is InChI=1S/C24H23N5O3/c1-6-21-22(32-16-31-21)13-17(1)14-25-23-7-8-24-26-15-20(29(24)27-23)18-2-4-19(5-3-18)28-9-11-30-12-10-28/h1-8,13,15H,9-12,14,16H2,(H,25,27). The number of rotatable bonds is 5. The Hall–Kier alpha value is -3.78. The summed E-state index contributed by atoms with van der Waals surface area (Å²) in [5, 5.41) is 8.16. The molecular weight excluding hydrogens is 406 g/mol. The van der Waals surface area contributed by atoms with Gasteiger partial charge in [0.05, 0.1) is 25.1 Å². The third-order valence-electron chi connectivity index (χ3n) is 5.81. The number of benzene rings is 2. The maximum atomic E-state index is 5.46. The second-order valence-corrected chi connectivity index (χ2v) is 7.82. The Morgan fingerprint density at radius 2 is 1.75 bits per heavy atom. The zero-order valence-electron chi connectivity index (χ0n) is 17.5. The van der Waals surface area contributed by atoms with Crippen LogP contribution in [0.1, 0.15) is 5.56 Å². The molecule has 2 aliphatic heterocycles. The molecule has 1 saturated heterocycles. The number of hydrogen-bond acceptors (Lipinski definition) is 7. The Labute approximate surface area is 185 Å². The van der Waals surface area contributed by atoms with Gasteiger partial charge in [-0.3, -0.25) is 0 Å². The fourth-order valence-corrected chi connectivity index (χ4v) is 4.07. The van der Waals surface area contributed by atoms with Crippen molar-refractivity contribution in [2.75, 3.05) is 43.3 Å². The van der Waals surface area contributed by atoms with Crippen molar-refractivity contribution < 1.29 is 14.2 Å². The van der Waals surface area contributed by atoms with E-state index in [9.17, 15) is 0 Å². The van der Waals surface area contributed by atoms with E-state index in [2.05, 4.69) is 39.5 Å². The quantitative estimate of drug-likeness (QED) is 0.520. The van der Waals surface area contributed by atoms with Crippen molar-refractivity contribution in [1.82, 2.24) is 14.6 Å². The van der Waals surface area contributed by atoms with Crippen molar-refractivity contribution in [3.05, 3.63) is 66.4 Å². The number of imidazole rings is 1. The molecule has 8 heteroatoms. The molecule has 4 heterocycles. The molecule has 1 N–H and O–H groups in total. The van der Waals surface area contributed by atoms with Gasteiger partial charge in [-0.25, -0.2) is 9.50 Å². The Morgan fingerprint density at radius 3 is 2.62 bits per heavy atom. The van der Waals surface area contributed by atoms with Crippen LogP contribution in [0.25, 0.3) is 16.9 Å². The summed E-state index contributed by atoms with van der Waals surface area (Å²) >= 11 is 0. The van der Waals surface area contributed by atoms with E-state index in [1.165, 1.54) is 5.69 Å². The molecule has 0 spiro atoms. The molecule has 8 nitrogen and oxygen atoms in total. The molecular formula is C24H23N5O3. The second-order valence-electron chi connectivity index (χ2n) is 7.82. The molecule has 0 bridgehead atoms. The van der Waals surface area contributed by atoms with Gasteiger partial charge < -0.3 is 24.4 Å². The molecule has 0 saturated carbocycles. The van der Waals surface area contributed by atoms with Crippen molar-refractivity contribution in [3.8, 4) is 22.8 Å². The first-order chi connectivity index (χ1) is 15.8. The summed E-state index contributed by atoms with van der Waals surface area (Å²) in [6.07, 6.45) is 1.87. The van der Waals surface area contributed by atoms with E-state index in [1.807, 2.05) is 41.0 Å². The molecule has 32 heavy (non-hydrogen) atoms. The highest BCUT2D eigenvalue weighted by atomic mass is 16.7. The highest BCUT2D eigenvalue weighted by molar-refractivity contribution is 5.66. The summed E-state index contributed by atoms with van der Waals surface area (Å²) in [6.45, 7) is 4.32. The first-order valence-corrected chi connectivity index (χ1v) is 10.7. The SMILES string of the molecule is c1cc2c(cc1CNc1ccc3ncc(-c4ccc(N5CCOCC5)cc4)n3n1)OCO2. The third-order valence-corrected chi connectivity index (χ3v) is 5.81. The zero-order chi connectivity index (χ0) is 21.3. The minimum absolute atomic E-state index is 0.279. The molecule has 2 aliphatic rings. The minimum atomic E-state index is 0.279. The first-order valence-electron chi connectivity index (χ1n) is 10.7. The average molecular weight is 429 g/mol. The van der Waals surface area contributed by atoms with Gasteiger partial charge in [0.2, 0.25) is 6.79 Å². The van der Waals surface area contributed by atoms with Gasteiger partial charge in [0.1, 0.15) is 5.82 Å². The summed E-state index contributed by atoms with van der Waals surface area (Å²) in [5.41, 5.74) is 5.16. The Bertz CT molecular complexity index is 1250. The summed E-state index contributed by atoms with van der Waals surface area (Å²) in [7, 11) is 0. The van der Waals surface area contributed by atoms with Gasteiger partial charge in [0.15, 0.2) is 17.1 Å². The van der Waals surface area contributed by atoms with E-state index in [4.69, 9.17) is 19.3 Å². The fraction of sp³-hybridized carbons (Fsp3) is 0.250. The number of aromatic nitrogens is 3. The molecule has 0 unspecified atom stereocenters. The number of hydrogen-bond donors (Lipinski definition) is 1. The average Bonchev–Trinajstić information content (AvgIpc) is 3.50. The Morgan fingerprint density at radius 1 is 0.906 bits per heavy atom. The molecule has 162 valence electrons. The Kier molecular flexibility index (Phi) is 4.77. The van der Waals surface area contributed by atoms with E-state index in [0.717, 1.165) is 66.1 Å². The smallest absolute Gasteiger partial charge is 0.231 e. The van der Waals surface area contributed by atoms with Gasteiger partial charge >= 0.3 is 0 Å². The molecule has 2 aromatic carbocycles. The van der Waals surface area contributed by atoms with E-state index >= 15 is 0 Å². The summed E-state index contributed by atoms with van der Waals surface area (Å²) in [6, 6.07) is 18.4. The van der Waals surface area contributed by atoms with Gasteiger partial charge in [-0.15, -0.1) is 5.10 Å².